The molecule has 0 spiro atoms. The van der Waals surface area contributed by atoms with Gasteiger partial charge in [-0.25, -0.2) is 4.39 Å². The number of nitrogens with one attached hydrogen (secondary N) is 1. The van der Waals surface area contributed by atoms with Crippen LogP contribution in [0, 0.1) is 29.5 Å². The number of benzene rings is 1. The molecule has 1 aromatic carbocycles. The van der Waals surface area contributed by atoms with Crippen LogP contribution >= 0.6 is 0 Å². The van der Waals surface area contributed by atoms with E-state index in [2.05, 4.69) is 16.4 Å². The molecule has 1 N–H and O–H groups in total. The zero-order chi connectivity index (χ0) is 17.6. The monoisotopic (exact) mass is 338 g/mol. The van der Waals surface area contributed by atoms with Gasteiger partial charge in [-0.3, -0.25) is 9.78 Å². The van der Waals surface area contributed by atoms with Crippen molar-refractivity contribution in [1.29, 1.82) is 0 Å². The van der Waals surface area contributed by atoms with Crippen LogP contribution in [0.4, 0.5) is 4.39 Å². The number of rotatable bonds is 3. The van der Waals surface area contributed by atoms with E-state index in [-0.39, 0.29) is 17.6 Å². The van der Waals surface area contributed by atoms with Gasteiger partial charge in [-0.1, -0.05) is 13.0 Å². The molecule has 0 radical (unpaired) electrons. The van der Waals surface area contributed by atoms with Crippen LogP contribution in [-0.4, -0.2) is 17.9 Å². The number of fused-ring (bicyclic) bond motifs is 2. The van der Waals surface area contributed by atoms with Crippen molar-refractivity contribution >= 4 is 22.4 Å². The first kappa shape index (κ1) is 16.2. The molecular weight excluding hydrogens is 315 g/mol. The van der Waals surface area contributed by atoms with E-state index in [1.54, 1.807) is 25.4 Å². The molecule has 4 unspecified atom stereocenters. The first-order valence-electron chi connectivity index (χ1n) is 9.03. The first-order chi connectivity index (χ1) is 12.1. The van der Waals surface area contributed by atoms with Crippen molar-refractivity contribution in [2.75, 3.05) is 7.05 Å². The summed E-state index contributed by atoms with van der Waals surface area (Å²) >= 11 is 0. The van der Waals surface area contributed by atoms with Gasteiger partial charge in [-0.15, -0.1) is 0 Å². The fraction of sp³-hybridized carbons (Fsp3) is 0.429. The maximum absolute atomic E-state index is 13.7. The Morgan fingerprint density at radius 1 is 1.32 bits per heavy atom. The molecule has 4 heteroatoms. The largest absolute Gasteiger partial charge is 0.359 e. The summed E-state index contributed by atoms with van der Waals surface area (Å²) in [5.41, 5.74) is 3.25. The molecule has 3 nitrogen and oxygen atoms in total. The Balaban J connectivity index is 1.60. The molecule has 1 fully saturated rings. The lowest BCUT2D eigenvalue weighted by Crippen LogP contribution is -2.29. The summed E-state index contributed by atoms with van der Waals surface area (Å²) in [6, 6.07) is 6.79. The van der Waals surface area contributed by atoms with E-state index in [0.29, 0.717) is 17.8 Å². The number of aromatic nitrogens is 1. The molecule has 1 aromatic heterocycles. The molecule has 1 heterocycles. The lowest BCUT2D eigenvalue weighted by molar-refractivity contribution is -0.125. The van der Waals surface area contributed by atoms with Gasteiger partial charge >= 0.3 is 0 Å². The third-order valence-electron chi connectivity index (χ3n) is 6.10. The maximum Gasteiger partial charge on any atom is 0.222 e. The van der Waals surface area contributed by atoms with Crippen molar-refractivity contribution in [1.82, 2.24) is 10.3 Å². The molecule has 0 bridgehead atoms. The zero-order valence-electron chi connectivity index (χ0n) is 14.6. The second-order valence-corrected chi connectivity index (χ2v) is 7.47. The van der Waals surface area contributed by atoms with E-state index in [1.807, 2.05) is 13.0 Å². The Morgan fingerprint density at radius 2 is 2.16 bits per heavy atom. The number of halogens is 1. The highest BCUT2D eigenvalue weighted by Gasteiger charge is 2.41. The van der Waals surface area contributed by atoms with E-state index in [9.17, 15) is 9.18 Å². The van der Waals surface area contributed by atoms with Crippen molar-refractivity contribution in [3.05, 3.63) is 47.9 Å². The van der Waals surface area contributed by atoms with E-state index >= 15 is 0 Å². The Bertz CT molecular complexity index is 860. The molecule has 4 atom stereocenters. The van der Waals surface area contributed by atoms with E-state index in [0.717, 1.165) is 35.7 Å². The van der Waals surface area contributed by atoms with E-state index in [1.165, 1.54) is 11.6 Å². The third kappa shape index (κ3) is 2.84. The molecule has 1 amide bonds. The molecule has 130 valence electrons. The van der Waals surface area contributed by atoms with Gasteiger partial charge < -0.3 is 5.32 Å². The minimum Gasteiger partial charge on any atom is -0.359 e. The van der Waals surface area contributed by atoms with Crippen molar-refractivity contribution in [3.63, 3.8) is 0 Å². The molecule has 25 heavy (non-hydrogen) atoms. The Labute approximate surface area is 147 Å². The van der Waals surface area contributed by atoms with Gasteiger partial charge in [-0.2, -0.15) is 0 Å². The summed E-state index contributed by atoms with van der Waals surface area (Å²) in [4.78, 5) is 16.3. The Hall–Kier alpha value is -2.23. The molecule has 2 aliphatic carbocycles. The van der Waals surface area contributed by atoms with Gasteiger partial charge in [0.15, 0.2) is 0 Å². The molecule has 1 saturated carbocycles. The maximum atomic E-state index is 13.7. The molecule has 2 aliphatic rings. The predicted octanol–water partition coefficient (Wildman–Crippen LogP) is 4.19. The van der Waals surface area contributed by atoms with Crippen LogP contribution in [0.2, 0.25) is 0 Å². The van der Waals surface area contributed by atoms with E-state index < -0.39 is 0 Å². The van der Waals surface area contributed by atoms with Crippen molar-refractivity contribution in [2.24, 2.45) is 23.7 Å². The molecule has 0 aliphatic heterocycles. The van der Waals surface area contributed by atoms with Crippen LogP contribution in [0.15, 0.2) is 36.5 Å². The van der Waals surface area contributed by atoms with E-state index in [4.69, 9.17) is 0 Å². The van der Waals surface area contributed by atoms with Gasteiger partial charge in [0.25, 0.3) is 0 Å². The molecular formula is C21H23FN2O. The molecule has 0 saturated heterocycles. The third-order valence-corrected chi connectivity index (χ3v) is 6.10. The van der Waals surface area contributed by atoms with Gasteiger partial charge in [0.05, 0.1) is 5.52 Å². The number of carbonyl (C=O) groups excluding carboxylic acids is 1. The zero-order valence-corrected chi connectivity index (χ0v) is 14.6. The first-order valence-corrected chi connectivity index (χ1v) is 9.03. The highest BCUT2D eigenvalue weighted by atomic mass is 19.1. The van der Waals surface area contributed by atoms with Crippen molar-refractivity contribution in [2.45, 2.75) is 26.2 Å². The minimum atomic E-state index is -0.222. The van der Waals surface area contributed by atoms with Crippen molar-refractivity contribution in [3.8, 4) is 0 Å². The summed E-state index contributed by atoms with van der Waals surface area (Å²) in [7, 11) is 1.71. The van der Waals surface area contributed by atoms with Crippen LogP contribution in [0.25, 0.3) is 16.5 Å². The minimum absolute atomic E-state index is 0.0725. The topological polar surface area (TPSA) is 42.0 Å². The van der Waals surface area contributed by atoms with Crippen LogP contribution in [0.1, 0.15) is 31.7 Å². The standard InChI is InChI=1S/C21H23FN2O/c1-12(21(25)23-2)13-7-14-9-16(10-15(14)8-13)18-5-6-24-20-4-3-17(22)11-19(18)20/h3-6,9,11-15H,7-8,10H2,1-2H3,(H,23,25). The van der Waals surface area contributed by atoms with Crippen LogP contribution in [0.3, 0.4) is 0 Å². The number of carbonyl (C=O) groups is 1. The van der Waals surface area contributed by atoms with Gasteiger partial charge in [0, 0.05) is 24.5 Å². The average Bonchev–Trinajstić information content (AvgIpc) is 3.18. The summed E-state index contributed by atoms with van der Waals surface area (Å²) in [5.74, 6) is 1.58. The Morgan fingerprint density at radius 3 is 2.92 bits per heavy atom. The fourth-order valence-electron chi connectivity index (χ4n) is 4.70. The predicted molar refractivity (Wildman–Crippen MR) is 97.2 cm³/mol. The number of hydrogen-bond acceptors (Lipinski definition) is 2. The second-order valence-electron chi connectivity index (χ2n) is 7.47. The average molecular weight is 338 g/mol. The summed E-state index contributed by atoms with van der Waals surface area (Å²) in [5, 5.41) is 3.66. The molecule has 2 aromatic rings. The number of amides is 1. The Kier molecular flexibility index (Phi) is 4.06. The smallest absolute Gasteiger partial charge is 0.222 e. The number of nitrogens with zero attached hydrogens (tertiary/aromatic N) is 1. The van der Waals surface area contributed by atoms with Gasteiger partial charge in [0.1, 0.15) is 5.82 Å². The van der Waals surface area contributed by atoms with Crippen LogP contribution < -0.4 is 5.32 Å². The quantitative estimate of drug-likeness (QED) is 0.912. The number of hydrogen-bond donors (Lipinski definition) is 1. The van der Waals surface area contributed by atoms with Gasteiger partial charge in [-0.05, 0) is 72.4 Å². The number of pyridine rings is 1. The van der Waals surface area contributed by atoms with Crippen molar-refractivity contribution < 1.29 is 9.18 Å². The fourth-order valence-corrected chi connectivity index (χ4v) is 4.70. The second kappa shape index (κ2) is 6.25. The number of allylic oxidation sites excluding steroid dienone is 2. The summed E-state index contributed by atoms with van der Waals surface area (Å²) < 4.78 is 13.7. The lowest BCUT2D eigenvalue weighted by Gasteiger charge is -2.18. The SMILES string of the molecule is CNC(=O)C(C)C1CC2C=C(c3ccnc4ccc(F)cc34)CC2C1. The van der Waals surface area contributed by atoms with Crippen LogP contribution in [-0.2, 0) is 4.79 Å². The van der Waals surface area contributed by atoms with Crippen LogP contribution in [0.5, 0.6) is 0 Å². The summed E-state index contributed by atoms with van der Waals surface area (Å²) in [6.07, 6.45) is 7.34. The highest BCUT2D eigenvalue weighted by molar-refractivity contribution is 5.92. The lowest BCUT2D eigenvalue weighted by atomic mass is 9.88. The summed E-state index contributed by atoms with van der Waals surface area (Å²) in [6.45, 7) is 2.04. The molecule has 4 rings (SSSR count). The van der Waals surface area contributed by atoms with Gasteiger partial charge in [0.2, 0.25) is 5.91 Å². The normalized spacial score (nSPS) is 26.4. The highest BCUT2D eigenvalue weighted by Crippen LogP contribution is 2.50.